The van der Waals surface area contributed by atoms with E-state index in [2.05, 4.69) is 5.73 Å². The van der Waals surface area contributed by atoms with E-state index in [9.17, 15) is 4.79 Å². The molecule has 0 aliphatic rings. The van der Waals surface area contributed by atoms with Crippen LogP contribution in [-0.2, 0) is 4.79 Å². The number of aliphatic carboxylic acids is 1. The normalized spacial score (nSPS) is 13.7. The molecule has 0 saturated heterocycles. The summed E-state index contributed by atoms with van der Waals surface area (Å²) in [6.45, 7) is 1.53. The highest BCUT2D eigenvalue weighted by Gasteiger charge is 2.04. The maximum atomic E-state index is 9.64. The summed E-state index contributed by atoms with van der Waals surface area (Å²) in [6.07, 6.45) is 0. The molecule has 0 radical (unpaired) electrons. The van der Waals surface area contributed by atoms with Crippen molar-refractivity contribution in [3.05, 3.63) is 0 Å². The van der Waals surface area contributed by atoms with Crippen LogP contribution >= 0.6 is 0 Å². The van der Waals surface area contributed by atoms with Crippen molar-refractivity contribution in [1.82, 2.24) is 0 Å². The highest BCUT2D eigenvalue weighted by Crippen LogP contribution is 1.64. The van der Waals surface area contributed by atoms with E-state index in [0.29, 0.717) is 0 Å². The van der Waals surface area contributed by atoms with E-state index < -0.39 is 12.0 Å². The molecule has 0 aromatic heterocycles. The minimum Gasteiger partial charge on any atom is -0.477 e. The summed E-state index contributed by atoms with van der Waals surface area (Å²) in [5, 5.41) is 7.93. The van der Waals surface area contributed by atoms with Gasteiger partial charge in [-0.2, -0.15) is 0 Å². The Hall–Kier alpha value is -0.570. The highest BCUT2D eigenvalue weighted by atomic mass is 16.4. The molecule has 3 nitrogen and oxygen atoms in total. The molecule has 0 unspecified atom stereocenters. The molecule has 0 amide bonds. The lowest BCUT2D eigenvalue weighted by atomic mass is 10.4. The summed E-state index contributed by atoms with van der Waals surface area (Å²) in [6, 6.07) is -0.481. The minimum absolute atomic E-state index is 0.481. The Morgan fingerprint density at radius 2 is 2.17 bits per heavy atom. The molecule has 4 N–H and O–H groups in total. The molecule has 0 aliphatic carbocycles. The Balaban J connectivity index is 3.26. The molecule has 0 aliphatic heterocycles. The molecule has 0 heterocycles. The molecule has 0 fully saturated rings. The average molecular weight is 90.1 g/mol. The maximum absolute atomic E-state index is 9.64. The molecule has 3 heteroatoms. The van der Waals surface area contributed by atoms with Crippen molar-refractivity contribution >= 4 is 5.97 Å². The van der Waals surface area contributed by atoms with Crippen molar-refractivity contribution in [2.45, 2.75) is 13.0 Å². The molecule has 0 rings (SSSR count). The topological polar surface area (TPSA) is 64.9 Å². The van der Waals surface area contributed by atoms with Crippen molar-refractivity contribution < 1.29 is 15.6 Å². The van der Waals surface area contributed by atoms with Crippen LogP contribution in [-0.4, -0.2) is 17.1 Å². The van der Waals surface area contributed by atoms with E-state index in [1.54, 1.807) is 0 Å². The molecule has 0 spiro atoms. The number of hydrogen-bond acceptors (Lipinski definition) is 1. The van der Waals surface area contributed by atoms with Crippen molar-refractivity contribution in [3.8, 4) is 0 Å². The van der Waals surface area contributed by atoms with E-state index in [0.717, 1.165) is 0 Å². The van der Waals surface area contributed by atoms with Crippen LogP contribution in [0.3, 0.4) is 0 Å². The Kier molecular flexibility index (Phi) is 1.60. The van der Waals surface area contributed by atoms with Gasteiger partial charge in [-0.15, -0.1) is 0 Å². The Labute approximate surface area is 35.8 Å². The summed E-state index contributed by atoms with van der Waals surface area (Å²) in [7, 11) is 0. The first-order valence-corrected chi connectivity index (χ1v) is 1.70. The van der Waals surface area contributed by atoms with Gasteiger partial charge in [0.1, 0.15) is 0 Å². The first-order chi connectivity index (χ1) is 2.64. The standard InChI is InChI=1S/C3H7NO2/c1-2(4)3(5)6/h2H,4H2,1H3,(H,5,6)/p+1/t2-/m1/s1. The van der Waals surface area contributed by atoms with E-state index in [-0.39, 0.29) is 0 Å². The van der Waals surface area contributed by atoms with Crippen LogP contribution in [0.5, 0.6) is 0 Å². The average Bonchev–Trinajstić information content (AvgIpc) is 1.36. The van der Waals surface area contributed by atoms with Gasteiger partial charge in [-0.1, -0.05) is 0 Å². The predicted molar refractivity (Wildman–Crippen MR) is 20.0 cm³/mol. The zero-order valence-corrected chi connectivity index (χ0v) is 3.64. The largest absolute Gasteiger partial charge is 0.477 e. The monoisotopic (exact) mass is 90.1 g/mol. The number of hydrogen-bond donors (Lipinski definition) is 2. The van der Waals surface area contributed by atoms with Gasteiger partial charge in [-0.3, -0.25) is 0 Å². The van der Waals surface area contributed by atoms with Crippen molar-refractivity contribution in [3.63, 3.8) is 0 Å². The van der Waals surface area contributed by atoms with Crippen LogP contribution in [0.2, 0.25) is 0 Å². The third kappa shape index (κ3) is 1.72. The number of carbonyl (C=O) groups is 1. The highest BCUT2D eigenvalue weighted by molar-refractivity contribution is 5.70. The molecule has 0 aromatic rings. The van der Waals surface area contributed by atoms with Crippen LogP contribution < -0.4 is 5.73 Å². The fraction of sp³-hybridized carbons (Fsp3) is 0.667. The summed E-state index contributed by atoms with van der Waals surface area (Å²) in [4.78, 5) is 9.64. The molecule has 0 bridgehead atoms. The molecule has 6 heavy (non-hydrogen) atoms. The molecule has 36 valence electrons. The van der Waals surface area contributed by atoms with Crippen molar-refractivity contribution in [1.29, 1.82) is 0 Å². The molecule has 1 atom stereocenters. The second kappa shape index (κ2) is 1.77. The minimum atomic E-state index is -0.852. The van der Waals surface area contributed by atoms with E-state index >= 15 is 0 Å². The van der Waals surface area contributed by atoms with Crippen LogP contribution in [0.1, 0.15) is 6.92 Å². The number of carboxylic acids is 1. The molecule has 0 aromatic carbocycles. The Morgan fingerprint density at radius 3 is 2.17 bits per heavy atom. The summed E-state index contributed by atoms with van der Waals surface area (Å²) in [5.41, 5.74) is 3.24. The zero-order valence-electron chi connectivity index (χ0n) is 3.64. The summed E-state index contributed by atoms with van der Waals surface area (Å²) in [5.74, 6) is -0.852. The number of rotatable bonds is 1. The van der Waals surface area contributed by atoms with Gasteiger partial charge >= 0.3 is 5.97 Å². The molecule has 0 saturated carbocycles. The quantitative estimate of drug-likeness (QED) is 0.420. The van der Waals surface area contributed by atoms with Crippen molar-refractivity contribution in [2.24, 2.45) is 0 Å². The fourth-order valence-corrected chi connectivity index (χ4v) is 0. The van der Waals surface area contributed by atoms with Gasteiger partial charge in [0.15, 0.2) is 6.04 Å². The van der Waals surface area contributed by atoms with Gasteiger partial charge in [0, 0.05) is 0 Å². The van der Waals surface area contributed by atoms with E-state index in [1.807, 2.05) is 0 Å². The van der Waals surface area contributed by atoms with Crippen LogP contribution in [0, 0.1) is 0 Å². The first-order valence-electron chi connectivity index (χ1n) is 1.70. The second-order valence-corrected chi connectivity index (χ2v) is 1.24. The first kappa shape index (κ1) is 5.43. The van der Waals surface area contributed by atoms with Crippen LogP contribution in [0.25, 0.3) is 0 Å². The zero-order chi connectivity index (χ0) is 5.15. The summed E-state index contributed by atoms with van der Waals surface area (Å²) >= 11 is 0. The Morgan fingerprint density at radius 1 is 2.00 bits per heavy atom. The third-order valence-corrected chi connectivity index (χ3v) is 0.422. The van der Waals surface area contributed by atoms with Gasteiger partial charge in [-0.25, -0.2) is 4.79 Å². The smallest absolute Gasteiger partial charge is 0.362 e. The van der Waals surface area contributed by atoms with Crippen molar-refractivity contribution in [2.75, 3.05) is 0 Å². The van der Waals surface area contributed by atoms with Gasteiger partial charge in [0.05, 0.1) is 0 Å². The van der Waals surface area contributed by atoms with Gasteiger partial charge in [0.25, 0.3) is 0 Å². The lowest BCUT2D eigenvalue weighted by Gasteiger charge is -1.86. The van der Waals surface area contributed by atoms with E-state index in [4.69, 9.17) is 5.11 Å². The second-order valence-electron chi connectivity index (χ2n) is 1.24. The van der Waals surface area contributed by atoms with Crippen LogP contribution in [0.4, 0.5) is 0 Å². The lowest BCUT2D eigenvalue weighted by Crippen LogP contribution is -2.63. The Bertz CT molecular complexity index is 59.8. The number of carboxylic acid groups (broad SMARTS) is 1. The fourth-order valence-electron chi connectivity index (χ4n) is 0. The van der Waals surface area contributed by atoms with Crippen LogP contribution in [0.15, 0.2) is 0 Å². The number of quaternary nitrogens is 1. The maximum Gasteiger partial charge on any atom is 0.362 e. The third-order valence-electron chi connectivity index (χ3n) is 0.422. The van der Waals surface area contributed by atoms with Gasteiger partial charge in [0.2, 0.25) is 0 Å². The SMILES string of the molecule is C[C@@H]([NH3+])C(=O)O. The summed E-state index contributed by atoms with van der Waals surface area (Å²) < 4.78 is 0. The van der Waals surface area contributed by atoms with E-state index in [1.165, 1.54) is 6.92 Å². The molecular formula is C3H8NO2+. The molecular weight excluding hydrogens is 82.0 g/mol. The predicted octanol–water partition coefficient (Wildman–Crippen LogP) is -1.30. The van der Waals surface area contributed by atoms with Gasteiger partial charge < -0.3 is 10.8 Å². The lowest BCUT2D eigenvalue weighted by molar-refractivity contribution is -0.402. The van der Waals surface area contributed by atoms with Gasteiger partial charge in [-0.05, 0) is 6.92 Å².